The molecule has 0 amide bonds. The molecule has 6 aromatic carbocycles. The van der Waals surface area contributed by atoms with Gasteiger partial charge in [0.2, 0.25) is 0 Å². The Balaban J connectivity index is 1.20. The maximum Gasteiger partial charge on any atom is 0.0550 e. The Labute approximate surface area is 324 Å². The maximum atomic E-state index is 4.48. The summed E-state index contributed by atoms with van der Waals surface area (Å²) in [5.41, 5.74) is 15.7. The quantitative estimate of drug-likeness (QED) is 0.172. The first-order chi connectivity index (χ1) is 27.7. The average Bonchev–Trinajstić information content (AvgIpc) is 3.95. The summed E-state index contributed by atoms with van der Waals surface area (Å²) in [6, 6.07) is 61.5. The molecule has 0 N–H and O–H groups in total. The van der Waals surface area contributed by atoms with Gasteiger partial charge in [0, 0.05) is 74.5 Å². The molecule has 264 valence electrons. The molecule has 0 unspecified atom stereocenters. The third kappa shape index (κ3) is 5.02. The molecule has 11 aromatic rings. The minimum atomic E-state index is 1.05. The number of fused-ring (bicyclic) bond motifs is 6. The van der Waals surface area contributed by atoms with Crippen LogP contribution >= 0.6 is 0 Å². The number of benzene rings is 6. The SMILES string of the molecule is Cc1ccc(-n2c(-c3cccnc3)ccc2-c2cccnc2)cc1-c1cc(-n2c3ccccc3c3ccccc32)cc(-n2c3ccccc3c3ccccc32)c1. The van der Waals surface area contributed by atoms with Crippen molar-refractivity contribution in [1.82, 2.24) is 23.7 Å². The number of rotatable bonds is 6. The van der Waals surface area contributed by atoms with Gasteiger partial charge in [-0.15, -0.1) is 0 Å². The van der Waals surface area contributed by atoms with Crippen molar-refractivity contribution in [3.05, 3.63) is 200 Å². The zero-order valence-electron chi connectivity index (χ0n) is 30.7. The van der Waals surface area contributed by atoms with Crippen molar-refractivity contribution < 1.29 is 0 Å². The summed E-state index contributed by atoms with van der Waals surface area (Å²) < 4.78 is 7.19. The summed E-state index contributed by atoms with van der Waals surface area (Å²) in [6.45, 7) is 2.21. The van der Waals surface area contributed by atoms with E-state index in [-0.39, 0.29) is 0 Å². The highest BCUT2D eigenvalue weighted by Gasteiger charge is 2.20. The van der Waals surface area contributed by atoms with Gasteiger partial charge in [-0.05, 0) is 115 Å². The lowest BCUT2D eigenvalue weighted by Gasteiger charge is -2.19. The van der Waals surface area contributed by atoms with E-state index in [2.05, 4.69) is 188 Å². The van der Waals surface area contributed by atoms with Crippen molar-refractivity contribution >= 4 is 43.6 Å². The lowest BCUT2D eigenvalue weighted by atomic mass is 9.98. The second-order valence-corrected chi connectivity index (χ2v) is 14.4. The standard InChI is InChI=1S/C51H35N5/c1-34-22-23-38(54-46(35-12-10-26-52-32-35)24-25-47(54)36-13-11-27-53-33-36)31-45(34)37-28-39(55-48-18-6-2-14-41(48)42-15-3-7-19-49(42)55)30-40(29-37)56-50-20-8-4-16-43(50)44-17-5-9-21-51(44)56/h2-33H,1H3. The number of hydrogen-bond donors (Lipinski definition) is 0. The summed E-state index contributed by atoms with van der Waals surface area (Å²) >= 11 is 0. The summed E-state index contributed by atoms with van der Waals surface area (Å²) in [5, 5.41) is 4.96. The molecule has 0 radical (unpaired) electrons. The normalized spacial score (nSPS) is 11.7. The Hall–Kier alpha value is -7.50. The monoisotopic (exact) mass is 717 g/mol. The third-order valence-electron chi connectivity index (χ3n) is 11.2. The first-order valence-electron chi connectivity index (χ1n) is 19.0. The van der Waals surface area contributed by atoms with Crippen molar-refractivity contribution in [3.63, 3.8) is 0 Å². The van der Waals surface area contributed by atoms with Gasteiger partial charge in [-0.2, -0.15) is 0 Å². The number of aryl methyl sites for hydroxylation is 1. The van der Waals surface area contributed by atoms with Gasteiger partial charge in [0.1, 0.15) is 0 Å². The number of pyridine rings is 2. The molecular formula is C51H35N5. The highest BCUT2D eigenvalue weighted by atomic mass is 15.0. The van der Waals surface area contributed by atoms with Gasteiger partial charge in [0.25, 0.3) is 0 Å². The van der Waals surface area contributed by atoms with Crippen LogP contribution in [0.3, 0.4) is 0 Å². The fourth-order valence-electron chi connectivity index (χ4n) is 8.66. The highest BCUT2D eigenvalue weighted by Crippen LogP contribution is 2.40. The van der Waals surface area contributed by atoms with E-state index < -0.39 is 0 Å². The maximum absolute atomic E-state index is 4.48. The molecule has 5 heterocycles. The van der Waals surface area contributed by atoms with E-state index in [1.807, 2.05) is 36.9 Å². The van der Waals surface area contributed by atoms with Crippen LogP contribution < -0.4 is 0 Å². The molecule has 0 spiro atoms. The minimum Gasteiger partial charge on any atom is -0.309 e. The van der Waals surface area contributed by atoms with Crippen molar-refractivity contribution in [2.45, 2.75) is 6.92 Å². The molecule has 0 saturated heterocycles. The Kier molecular flexibility index (Phi) is 7.32. The predicted molar refractivity (Wildman–Crippen MR) is 231 cm³/mol. The number of hydrogen-bond acceptors (Lipinski definition) is 2. The molecule has 0 aliphatic carbocycles. The molecule has 56 heavy (non-hydrogen) atoms. The lowest BCUT2D eigenvalue weighted by Crippen LogP contribution is -2.02. The smallest absolute Gasteiger partial charge is 0.0550 e. The largest absolute Gasteiger partial charge is 0.309 e. The van der Waals surface area contributed by atoms with Crippen LogP contribution in [0.1, 0.15) is 5.56 Å². The van der Waals surface area contributed by atoms with Crippen LogP contribution in [-0.2, 0) is 0 Å². The van der Waals surface area contributed by atoms with Crippen molar-refractivity contribution in [3.8, 4) is 50.7 Å². The first kappa shape index (κ1) is 32.0. The van der Waals surface area contributed by atoms with E-state index in [0.29, 0.717) is 0 Å². The topological polar surface area (TPSA) is 40.6 Å². The van der Waals surface area contributed by atoms with Crippen LogP contribution in [0.4, 0.5) is 0 Å². The third-order valence-corrected chi connectivity index (χ3v) is 11.2. The molecule has 0 bridgehead atoms. The van der Waals surface area contributed by atoms with E-state index in [1.165, 1.54) is 49.2 Å². The Bertz CT molecular complexity index is 2960. The van der Waals surface area contributed by atoms with Gasteiger partial charge in [-0.1, -0.05) is 78.9 Å². The van der Waals surface area contributed by atoms with Crippen LogP contribution in [0.5, 0.6) is 0 Å². The van der Waals surface area contributed by atoms with E-state index in [1.54, 1.807) is 0 Å². The predicted octanol–water partition coefficient (Wildman–Crippen LogP) is 12.8. The number of nitrogens with zero attached hydrogens (tertiary/aromatic N) is 5. The van der Waals surface area contributed by atoms with E-state index in [9.17, 15) is 0 Å². The summed E-state index contributed by atoms with van der Waals surface area (Å²) in [5.74, 6) is 0. The minimum absolute atomic E-state index is 1.05. The molecule has 5 aromatic heterocycles. The fourth-order valence-corrected chi connectivity index (χ4v) is 8.66. The zero-order chi connectivity index (χ0) is 37.2. The van der Waals surface area contributed by atoms with Crippen molar-refractivity contribution in [1.29, 1.82) is 0 Å². The molecule has 0 aliphatic heterocycles. The van der Waals surface area contributed by atoms with Gasteiger partial charge in [-0.25, -0.2) is 0 Å². The van der Waals surface area contributed by atoms with Gasteiger partial charge in [-0.3, -0.25) is 9.97 Å². The lowest BCUT2D eigenvalue weighted by molar-refractivity contribution is 1.08. The van der Waals surface area contributed by atoms with Gasteiger partial charge < -0.3 is 13.7 Å². The summed E-state index contributed by atoms with van der Waals surface area (Å²) in [4.78, 5) is 8.96. The average molecular weight is 718 g/mol. The highest BCUT2D eigenvalue weighted by molar-refractivity contribution is 6.10. The molecule has 0 aliphatic rings. The molecule has 5 nitrogen and oxygen atoms in total. The van der Waals surface area contributed by atoms with Crippen LogP contribution in [0.25, 0.3) is 94.3 Å². The molecule has 0 fully saturated rings. The Morgan fingerprint density at radius 3 is 1.23 bits per heavy atom. The number of para-hydroxylation sites is 4. The molecule has 0 saturated carbocycles. The second-order valence-electron chi connectivity index (χ2n) is 14.4. The number of aromatic nitrogens is 5. The van der Waals surface area contributed by atoms with Crippen LogP contribution in [0, 0.1) is 6.92 Å². The van der Waals surface area contributed by atoms with Crippen LogP contribution in [0.15, 0.2) is 195 Å². The van der Waals surface area contributed by atoms with Gasteiger partial charge >= 0.3 is 0 Å². The second kappa shape index (κ2) is 12.8. The fraction of sp³-hybridized carbons (Fsp3) is 0.0196. The first-order valence-corrected chi connectivity index (χ1v) is 19.0. The van der Waals surface area contributed by atoms with E-state index in [0.717, 1.165) is 50.7 Å². The van der Waals surface area contributed by atoms with Crippen molar-refractivity contribution in [2.24, 2.45) is 0 Å². The van der Waals surface area contributed by atoms with Gasteiger partial charge in [0.05, 0.1) is 33.5 Å². The Morgan fingerprint density at radius 1 is 0.357 bits per heavy atom. The zero-order valence-corrected chi connectivity index (χ0v) is 30.7. The van der Waals surface area contributed by atoms with Crippen molar-refractivity contribution in [2.75, 3.05) is 0 Å². The van der Waals surface area contributed by atoms with E-state index in [4.69, 9.17) is 0 Å². The van der Waals surface area contributed by atoms with E-state index >= 15 is 0 Å². The molecule has 5 heteroatoms. The van der Waals surface area contributed by atoms with Crippen LogP contribution in [-0.4, -0.2) is 23.7 Å². The summed E-state index contributed by atoms with van der Waals surface area (Å²) in [6.07, 6.45) is 7.51. The van der Waals surface area contributed by atoms with Crippen LogP contribution in [0.2, 0.25) is 0 Å². The summed E-state index contributed by atoms with van der Waals surface area (Å²) in [7, 11) is 0. The molecule has 0 atom stereocenters. The molecule has 11 rings (SSSR count). The molecular weight excluding hydrogens is 683 g/mol. The Morgan fingerprint density at radius 2 is 0.804 bits per heavy atom. The van der Waals surface area contributed by atoms with Gasteiger partial charge in [0.15, 0.2) is 0 Å².